The normalized spacial score (nSPS) is 14.6. The second kappa shape index (κ2) is 8.33. The molecule has 5 nitrogen and oxygen atoms in total. The molecule has 3 aromatic carbocycles. The molecule has 1 aliphatic rings. The first-order chi connectivity index (χ1) is 16.0. The fourth-order valence-corrected chi connectivity index (χ4v) is 4.17. The zero-order valence-electron chi connectivity index (χ0n) is 18.9. The lowest BCUT2D eigenvalue weighted by Gasteiger charge is -2.26. The minimum Gasteiger partial charge on any atom is -0.378 e. The minimum atomic E-state index is -0.140. The molecule has 5 rings (SSSR count). The highest BCUT2D eigenvalue weighted by Crippen LogP contribution is 2.39. The quantitative estimate of drug-likeness (QED) is 0.440. The van der Waals surface area contributed by atoms with Gasteiger partial charge in [-0.2, -0.15) is 10.4 Å². The molecule has 33 heavy (non-hydrogen) atoms. The Morgan fingerprint density at radius 2 is 1.61 bits per heavy atom. The maximum Gasteiger partial charge on any atom is 0.148 e. The van der Waals surface area contributed by atoms with E-state index in [1.54, 1.807) is 0 Å². The Balaban J connectivity index is 1.68. The van der Waals surface area contributed by atoms with Crippen LogP contribution in [0.15, 0.2) is 84.9 Å². The van der Waals surface area contributed by atoms with Crippen molar-refractivity contribution in [3.63, 3.8) is 0 Å². The van der Waals surface area contributed by atoms with Crippen molar-refractivity contribution in [2.45, 2.75) is 13.0 Å². The number of aromatic nitrogens is 2. The van der Waals surface area contributed by atoms with Gasteiger partial charge in [0.2, 0.25) is 0 Å². The predicted molar refractivity (Wildman–Crippen MR) is 134 cm³/mol. The molecule has 162 valence electrons. The van der Waals surface area contributed by atoms with Crippen molar-refractivity contribution in [3.8, 4) is 17.3 Å². The molecule has 0 saturated carbocycles. The third-order valence-electron chi connectivity index (χ3n) is 6.02. The average molecular weight is 432 g/mol. The molecule has 5 heteroatoms. The van der Waals surface area contributed by atoms with Crippen molar-refractivity contribution in [1.82, 2.24) is 9.78 Å². The van der Waals surface area contributed by atoms with E-state index in [-0.39, 0.29) is 6.04 Å². The smallest absolute Gasteiger partial charge is 0.148 e. The van der Waals surface area contributed by atoms with Gasteiger partial charge in [-0.25, -0.2) is 4.68 Å². The predicted octanol–water partition coefficient (Wildman–Crippen LogP) is 5.85. The second-order valence-corrected chi connectivity index (χ2v) is 8.50. The number of hydrogen-bond acceptors (Lipinski definition) is 4. The van der Waals surface area contributed by atoms with Crippen molar-refractivity contribution >= 4 is 17.2 Å². The molecule has 0 bridgehead atoms. The molecule has 1 aromatic heterocycles. The molecule has 1 aliphatic heterocycles. The summed E-state index contributed by atoms with van der Waals surface area (Å²) in [5.74, 6) is 0.719. The number of nitrogens with zero attached hydrogens (tertiary/aromatic N) is 4. The van der Waals surface area contributed by atoms with Gasteiger partial charge in [-0.1, -0.05) is 72.3 Å². The molecule has 1 atom stereocenters. The fourth-order valence-electron chi connectivity index (χ4n) is 4.17. The van der Waals surface area contributed by atoms with E-state index in [2.05, 4.69) is 65.7 Å². The molecular weight excluding hydrogens is 406 g/mol. The fraction of sp³-hybridized carbons (Fsp3) is 0.143. The summed E-state index contributed by atoms with van der Waals surface area (Å²) in [6, 6.07) is 29.1. The van der Waals surface area contributed by atoms with Crippen molar-refractivity contribution in [2.24, 2.45) is 0 Å². The highest BCUT2D eigenvalue weighted by molar-refractivity contribution is 5.84. The number of allylic oxidation sites excluding steroid dienone is 1. The van der Waals surface area contributed by atoms with Crippen LogP contribution >= 0.6 is 0 Å². The van der Waals surface area contributed by atoms with E-state index in [1.807, 2.05) is 61.2 Å². The van der Waals surface area contributed by atoms with Crippen LogP contribution in [-0.4, -0.2) is 23.9 Å². The Hall–Kier alpha value is -4.30. The van der Waals surface area contributed by atoms with E-state index < -0.39 is 0 Å². The molecule has 0 fully saturated rings. The number of benzene rings is 3. The standard InChI is InChI=1S/C28H25N5/c1-19-9-11-22(12-10-19)27-24(18-29)28-30-25(20-7-5-4-6-8-20)17-26(33(28)31-27)21-13-15-23(16-14-21)32(2)3/h4-17,26,30H,1-3H3. The summed E-state index contributed by atoms with van der Waals surface area (Å²) in [4.78, 5) is 2.08. The van der Waals surface area contributed by atoms with Crippen LogP contribution in [0.1, 0.15) is 28.3 Å². The lowest BCUT2D eigenvalue weighted by atomic mass is 10.0. The van der Waals surface area contributed by atoms with Gasteiger partial charge in [0.1, 0.15) is 23.1 Å². The van der Waals surface area contributed by atoms with Crippen LogP contribution in [0, 0.1) is 18.3 Å². The van der Waals surface area contributed by atoms with Crippen LogP contribution in [0.3, 0.4) is 0 Å². The summed E-state index contributed by atoms with van der Waals surface area (Å²) in [7, 11) is 4.07. The number of nitrogens with one attached hydrogen (secondary N) is 1. The van der Waals surface area contributed by atoms with Crippen molar-refractivity contribution in [1.29, 1.82) is 5.26 Å². The van der Waals surface area contributed by atoms with E-state index in [0.29, 0.717) is 11.3 Å². The minimum absolute atomic E-state index is 0.140. The van der Waals surface area contributed by atoms with E-state index in [4.69, 9.17) is 5.10 Å². The SMILES string of the molecule is Cc1ccc(-c2nn3c(c2C#N)NC(c2ccccc2)=CC3c2ccc(N(C)C)cc2)cc1. The monoisotopic (exact) mass is 431 g/mol. The van der Waals surface area contributed by atoms with E-state index >= 15 is 0 Å². The van der Waals surface area contributed by atoms with Gasteiger partial charge in [0.05, 0.1) is 6.04 Å². The van der Waals surface area contributed by atoms with Crippen LogP contribution in [0.5, 0.6) is 0 Å². The molecule has 0 aliphatic carbocycles. The van der Waals surface area contributed by atoms with Gasteiger partial charge in [0.15, 0.2) is 0 Å². The summed E-state index contributed by atoms with van der Waals surface area (Å²) >= 11 is 0. The maximum atomic E-state index is 10.1. The Kier molecular flexibility index (Phi) is 5.20. The third kappa shape index (κ3) is 3.77. The Morgan fingerprint density at radius 3 is 2.24 bits per heavy atom. The van der Waals surface area contributed by atoms with Gasteiger partial charge in [0.25, 0.3) is 0 Å². The number of aryl methyl sites for hydroxylation is 1. The number of nitriles is 1. The van der Waals surface area contributed by atoms with Crippen LogP contribution in [0.4, 0.5) is 11.5 Å². The first-order valence-electron chi connectivity index (χ1n) is 11.0. The third-order valence-corrected chi connectivity index (χ3v) is 6.02. The number of anilines is 2. The van der Waals surface area contributed by atoms with Gasteiger partial charge >= 0.3 is 0 Å². The zero-order valence-corrected chi connectivity index (χ0v) is 18.9. The summed E-state index contributed by atoms with van der Waals surface area (Å²) < 4.78 is 1.94. The van der Waals surface area contributed by atoms with Gasteiger partial charge in [0, 0.05) is 31.0 Å². The molecular formula is C28H25N5. The summed E-state index contributed by atoms with van der Waals surface area (Å²) in [6.45, 7) is 2.05. The van der Waals surface area contributed by atoms with Gasteiger partial charge in [-0.3, -0.25) is 0 Å². The molecule has 0 radical (unpaired) electrons. The Labute approximate surface area is 194 Å². The van der Waals surface area contributed by atoms with Gasteiger partial charge in [-0.05, 0) is 36.3 Å². The number of hydrogen-bond donors (Lipinski definition) is 1. The number of fused-ring (bicyclic) bond motifs is 1. The van der Waals surface area contributed by atoms with E-state index in [9.17, 15) is 5.26 Å². The van der Waals surface area contributed by atoms with Crippen LogP contribution < -0.4 is 10.2 Å². The lowest BCUT2D eigenvalue weighted by Crippen LogP contribution is -2.20. The molecule has 1 N–H and O–H groups in total. The second-order valence-electron chi connectivity index (χ2n) is 8.50. The average Bonchev–Trinajstić information content (AvgIpc) is 3.23. The van der Waals surface area contributed by atoms with Crippen LogP contribution in [0.25, 0.3) is 17.0 Å². The maximum absolute atomic E-state index is 10.1. The Morgan fingerprint density at radius 1 is 0.909 bits per heavy atom. The summed E-state index contributed by atoms with van der Waals surface area (Å²) in [6.07, 6.45) is 2.18. The highest BCUT2D eigenvalue weighted by Gasteiger charge is 2.29. The topological polar surface area (TPSA) is 56.9 Å². The summed E-state index contributed by atoms with van der Waals surface area (Å²) in [5, 5.41) is 18.6. The van der Waals surface area contributed by atoms with Crippen molar-refractivity contribution < 1.29 is 0 Å². The van der Waals surface area contributed by atoms with Crippen molar-refractivity contribution in [2.75, 3.05) is 24.3 Å². The molecule has 0 amide bonds. The zero-order chi connectivity index (χ0) is 22.9. The van der Waals surface area contributed by atoms with E-state index in [0.717, 1.165) is 33.9 Å². The first-order valence-corrected chi connectivity index (χ1v) is 11.0. The Bertz CT molecular complexity index is 1360. The van der Waals surface area contributed by atoms with E-state index in [1.165, 1.54) is 5.56 Å². The molecule has 1 unspecified atom stereocenters. The molecule has 0 saturated heterocycles. The first kappa shape index (κ1) is 20.6. The highest BCUT2D eigenvalue weighted by atomic mass is 15.4. The summed E-state index contributed by atoms with van der Waals surface area (Å²) in [5.41, 5.74) is 7.64. The van der Waals surface area contributed by atoms with Crippen LogP contribution in [0.2, 0.25) is 0 Å². The molecule has 4 aromatic rings. The van der Waals surface area contributed by atoms with Gasteiger partial charge < -0.3 is 10.2 Å². The molecule has 2 heterocycles. The van der Waals surface area contributed by atoms with Crippen LogP contribution in [-0.2, 0) is 0 Å². The largest absolute Gasteiger partial charge is 0.378 e. The van der Waals surface area contributed by atoms with Gasteiger partial charge in [-0.15, -0.1) is 0 Å². The van der Waals surface area contributed by atoms with Crippen molar-refractivity contribution in [3.05, 3.63) is 107 Å². The number of rotatable bonds is 4. The molecule has 0 spiro atoms. The lowest BCUT2D eigenvalue weighted by molar-refractivity contribution is 0.615.